The maximum atomic E-state index is 13.9. The summed E-state index contributed by atoms with van der Waals surface area (Å²) in [6.45, 7) is 5.09. The molecular weight excluding hydrogens is 737 g/mol. The summed E-state index contributed by atoms with van der Waals surface area (Å²) >= 11 is 0. The lowest BCUT2D eigenvalue weighted by Crippen LogP contribution is -2.29. The number of esters is 1. The normalized spacial score (nSPS) is 12.1. The number of phosphoric acid groups is 1. The van der Waals surface area contributed by atoms with Crippen LogP contribution >= 0.6 is 7.82 Å². The Morgan fingerprint density at radius 3 is 1.23 bits per heavy atom. The van der Waals surface area contributed by atoms with E-state index in [1.54, 1.807) is 48.5 Å². The first-order chi connectivity index (χ1) is 28.0. The molecule has 1 unspecified atom stereocenters. The molecule has 2 rings (SSSR count). The molecule has 0 fully saturated rings. The SMILES string of the molecule is CCCCCCCCCCCCCCCCCCO[14CH2][14CH]([14CH2]OP(=O)(Oc1ccccc1)Oc1ccccc1)OC(=O)CCCCCCCCCCCCCCC. The van der Waals surface area contributed by atoms with Gasteiger partial charge >= 0.3 is 13.8 Å². The molecule has 0 saturated carbocycles. The summed E-state index contributed by atoms with van der Waals surface area (Å²) in [6, 6.07) is 17.6. The zero-order valence-electron chi connectivity index (χ0n) is 36.5. The van der Waals surface area contributed by atoms with E-state index in [4.69, 9.17) is 23.0 Å². The first kappa shape index (κ1) is 50.8. The molecule has 0 amide bonds. The summed E-state index contributed by atoms with van der Waals surface area (Å²) in [5, 5.41) is 0. The molecule has 0 N–H and O–H groups in total. The van der Waals surface area contributed by atoms with E-state index in [0.717, 1.165) is 32.1 Å². The van der Waals surface area contributed by atoms with Crippen LogP contribution in [0.3, 0.4) is 0 Å². The van der Waals surface area contributed by atoms with Crippen molar-refractivity contribution in [2.45, 2.75) is 213 Å². The van der Waals surface area contributed by atoms with Crippen LogP contribution in [0.25, 0.3) is 0 Å². The smallest absolute Gasteiger partial charge is 0.457 e. The van der Waals surface area contributed by atoms with Crippen LogP contribution in [0, 0.1) is 0 Å². The van der Waals surface area contributed by atoms with Gasteiger partial charge in [0.2, 0.25) is 0 Å². The molecule has 7 nitrogen and oxygen atoms in total. The second kappa shape index (κ2) is 36.7. The Kier molecular flexibility index (Phi) is 32.7. The lowest BCUT2D eigenvalue weighted by molar-refractivity contribution is -0.154. The monoisotopic (exact) mass is 821 g/mol. The molecule has 0 aliphatic heterocycles. The quantitative estimate of drug-likeness (QED) is 0.0375. The standard InChI is InChI=1S/C49H83O7P/c1-3-5-7-9-11-13-15-17-18-19-21-23-25-27-29-37-43-52-44-48(54-49(50)42-36-28-26-24-22-20-16-14-12-10-8-6-4-2)45-53-57(51,55-46-38-32-30-33-39-46)56-47-40-34-31-35-41-47/h30-35,38-41,48H,3-29,36-37,42-45H2,1-2H3/i44+2,45+2,48+2. The fourth-order valence-corrected chi connectivity index (χ4v) is 8.33. The minimum atomic E-state index is -4.14. The predicted molar refractivity (Wildman–Crippen MR) is 238 cm³/mol. The number of ether oxygens (including phenoxy) is 2. The number of carbonyl (C=O) groups excluding carboxylic acids is 1. The average Bonchev–Trinajstić information content (AvgIpc) is 3.21. The number of rotatable bonds is 41. The molecule has 0 saturated heterocycles. The highest BCUT2D eigenvalue weighted by Crippen LogP contribution is 2.49. The lowest BCUT2D eigenvalue weighted by atomic mass is 10.0. The van der Waals surface area contributed by atoms with Crippen molar-refractivity contribution in [2.75, 3.05) is 19.8 Å². The Bertz CT molecular complexity index is 1170. The van der Waals surface area contributed by atoms with Gasteiger partial charge in [0.05, 0.1) is 6.61 Å². The number of unbranched alkanes of at least 4 members (excludes halogenated alkanes) is 27. The number of hydrogen-bond acceptors (Lipinski definition) is 7. The van der Waals surface area contributed by atoms with Gasteiger partial charge < -0.3 is 18.5 Å². The molecule has 2 aromatic carbocycles. The molecule has 0 radical (unpaired) electrons. The molecule has 0 aliphatic rings. The van der Waals surface area contributed by atoms with Crippen molar-refractivity contribution in [1.29, 1.82) is 0 Å². The fourth-order valence-electron chi connectivity index (χ4n) is 7.08. The molecule has 0 heterocycles. The Balaban J connectivity index is 1.72. The van der Waals surface area contributed by atoms with E-state index in [0.29, 0.717) is 24.5 Å². The van der Waals surface area contributed by atoms with E-state index in [9.17, 15) is 9.36 Å². The van der Waals surface area contributed by atoms with Gasteiger partial charge in [0.15, 0.2) is 0 Å². The Morgan fingerprint density at radius 1 is 0.491 bits per heavy atom. The highest BCUT2D eigenvalue weighted by Gasteiger charge is 2.33. The van der Waals surface area contributed by atoms with E-state index in [1.807, 2.05) is 12.1 Å². The zero-order chi connectivity index (χ0) is 40.8. The van der Waals surface area contributed by atoms with Crippen molar-refractivity contribution in [3.63, 3.8) is 0 Å². The molecular formula is C49H83O7P. The molecule has 0 aliphatic carbocycles. The molecule has 2 aromatic rings. The Morgan fingerprint density at radius 2 is 0.842 bits per heavy atom. The second-order valence-electron chi connectivity index (χ2n) is 16.0. The number of hydrogen-bond donors (Lipinski definition) is 0. The molecule has 57 heavy (non-hydrogen) atoms. The maximum Gasteiger partial charge on any atom is 0.587 e. The van der Waals surface area contributed by atoms with E-state index >= 15 is 0 Å². The topological polar surface area (TPSA) is 80.3 Å². The van der Waals surface area contributed by atoms with Gasteiger partial charge in [0.25, 0.3) is 0 Å². The summed E-state index contributed by atoms with van der Waals surface area (Å²) in [7, 11) is -4.14. The van der Waals surface area contributed by atoms with Gasteiger partial charge in [-0.2, -0.15) is 0 Å². The summed E-state index contributed by atoms with van der Waals surface area (Å²) in [6.07, 6.45) is 36.9. The number of phosphoric ester groups is 1. The van der Waals surface area contributed by atoms with Gasteiger partial charge in [-0.15, -0.1) is 0 Å². The molecule has 8 heteroatoms. The van der Waals surface area contributed by atoms with Crippen LogP contribution in [0.15, 0.2) is 60.7 Å². The molecule has 1 atom stereocenters. The zero-order valence-corrected chi connectivity index (χ0v) is 37.4. The summed E-state index contributed by atoms with van der Waals surface area (Å²) in [5.41, 5.74) is 0. The summed E-state index contributed by atoms with van der Waals surface area (Å²) in [5.74, 6) is 0.417. The number of benzene rings is 2. The lowest BCUT2D eigenvalue weighted by Gasteiger charge is -2.23. The number of para-hydroxylation sites is 2. The first-order valence-corrected chi connectivity index (χ1v) is 25.0. The van der Waals surface area contributed by atoms with Gasteiger partial charge in [0.1, 0.15) is 24.2 Å². The third-order valence-electron chi connectivity index (χ3n) is 10.6. The van der Waals surface area contributed by atoms with Gasteiger partial charge in [-0.05, 0) is 37.1 Å². The average molecular weight is 821 g/mol. The van der Waals surface area contributed by atoms with Crippen molar-refractivity contribution in [2.24, 2.45) is 0 Å². The van der Waals surface area contributed by atoms with Crippen LogP contribution < -0.4 is 9.05 Å². The third-order valence-corrected chi connectivity index (χ3v) is 11.9. The van der Waals surface area contributed by atoms with E-state index in [-0.39, 0.29) is 19.2 Å². The second-order valence-corrected chi connectivity index (χ2v) is 17.6. The van der Waals surface area contributed by atoms with E-state index < -0.39 is 13.9 Å². The van der Waals surface area contributed by atoms with Gasteiger partial charge in [0, 0.05) is 13.0 Å². The van der Waals surface area contributed by atoms with Crippen molar-refractivity contribution in [1.82, 2.24) is 0 Å². The van der Waals surface area contributed by atoms with Gasteiger partial charge in [-0.3, -0.25) is 9.32 Å². The number of carbonyl (C=O) groups is 1. The van der Waals surface area contributed by atoms with Crippen molar-refractivity contribution in [3.8, 4) is 11.5 Å². The summed E-state index contributed by atoms with van der Waals surface area (Å²) < 4.78 is 43.3. The van der Waals surface area contributed by atoms with Crippen LogP contribution in [0.4, 0.5) is 0 Å². The molecule has 326 valence electrons. The molecule has 0 aromatic heterocycles. The van der Waals surface area contributed by atoms with Crippen molar-refractivity contribution < 1.29 is 32.4 Å². The van der Waals surface area contributed by atoms with E-state index in [2.05, 4.69) is 13.8 Å². The Hall–Kier alpha value is -2.34. The minimum Gasteiger partial charge on any atom is -0.457 e. The van der Waals surface area contributed by atoms with Gasteiger partial charge in [-0.1, -0.05) is 224 Å². The van der Waals surface area contributed by atoms with Crippen LogP contribution in [0.2, 0.25) is 0 Å². The first-order valence-electron chi connectivity index (χ1n) is 23.6. The van der Waals surface area contributed by atoms with Crippen molar-refractivity contribution >= 4 is 13.8 Å². The molecule has 0 spiro atoms. The Labute approximate surface area is 349 Å². The summed E-state index contributed by atoms with van der Waals surface area (Å²) in [4.78, 5) is 13.0. The fraction of sp³-hybridized carbons (Fsp3) is 0.735. The predicted octanol–water partition coefficient (Wildman–Crippen LogP) is 15.9. The van der Waals surface area contributed by atoms with Crippen LogP contribution in [0.1, 0.15) is 206 Å². The van der Waals surface area contributed by atoms with Crippen LogP contribution in [0.5, 0.6) is 11.5 Å². The highest BCUT2D eigenvalue weighted by molar-refractivity contribution is 7.49. The third kappa shape index (κ3) is 30.4. The van der Waals surface area contributed by atoms with Crippen LogP contribution in [-0.2, 0) is 23.4 Å². The van der Waals surface area contributed by atoms with Gasteiger partial charge in [-0.25, -0.2) is 4.57 Å². The van der Waals surface area contributed by atoms with E-state index in [1.165, 1.54) is 154 Å². The minimum absolute atomic E-state index is 0.153. The van der Waals surface area contributed by atoms with Crippen LogP contribution in [-0.4, -0.2) is 31.9 Å². The highest BCUT2D eigenvalue weighted by atomic mass is 31.2. The maximum absolute atomic E-state index is 13.9. The largest absolute Gasteiger partial charge is 0.587 e. The molecule has 0 bridgehead atoms. The van der Waals surface area contributed by atoms with Crippen molar-refractivity contribution in [3.05, 3.63) is 60.7 Å².